The summed E-state index contributed by atoms with van der Waals surface area (Å²) in [7, 11) is -1.55. The molecule has 0 saturated heterocycles. The molecule has 0 radical (unpaired) electrons. The summed E-state index contributed by atoms with van der Waals surface area (Å²) in [6, 6.07) is 9.18. The first-order chi connectivity index (χ1) is 8.42. The first-order valence-electron chi connectivity index (χ1n) is 5.60. The Hall–Kier alpha value is -1.56. The molecule has 0 aliphatic rings. The van der Waals surface area contributed by atoms with Crippen molar-refractivity contribution in [1.29, 1.82) is 0 Å². The minimum Gasteiger partial charge on any atom is -0.341 e. The van der Waals surface area contributed by atoms with Gasteiger partial charge in [-0.15, -0.1) is 0 Å². The molecule has 2 amide bonds. The highest BCUT2D eigenvalue weighted by molar-refractivity contribution is 7.90. The maximum absolute atomic E-state index is 11.7. The van der Waals surface area contributed by atoms with Gasteiger partial charge in [0.15, 0.2) is 0 Å². The van der Waals surface area contributed by atoms with Crippen molar-refractivity contribution >= 4 is 15.9 Å². The van der Waals surface area contributed by atoms with Gasteiger partial charge in [0.1, 0.15) is 9.84 Å². The lowest BCUT2D eigenvalue weighted by Crippen LogP contribution is -2.40. The molecule has 0 heterocycles. The van der Waals surface area contributed by atoms with Crippen molar-refractivity contribution in [3.05, 3.63) is 35.9 Å². The Morgan fingerprint density at radius 2 is 1.89 bits per heavy atom. The summed E-state index contributed by atoms with van der Waals surface area (Å²) in [5.74, 6) is -0.0345. The average molecular weight is 270 g/mol. The van der Waals surface area contributed by atoms with Gasteiger partial charge in [-0.3, -0.25) is 0 Å². The van der Waals surface area contributed by atoms with Crippen LogP contribution < -0.4 is 5.32 Å². The van der Waals surface area contributed by atoms with E-state index in [0.717, 1.165) is 11.8 Å². The van der Waals surface area contributed by atoms with Crippen molar-refractivity contribution in [3.63, 3.8) is 0 Å². The quantitative estimate of drug-likeness (QED) is 0.863. The summed E-state index contributed by atoms with van der Waals surface area (Å²) in [6.45, 7) is 0.587. The molecule has 1 aromatic carbocycles. The highest BCUT2D eigenvalue weighted by atomic mass is 32.2. The second kappa shape index (κ2) is 6.39. The molecule has 0 aliphatic heterocycles. The molecule has 0 unspecified atom stereocenters. The molecule has 0 aromatic heterocycles. The van der Waals surface area contributed by atoms with Crippen LogP contribution >= 0.6 is 0 Å². The van der Waals surface area contributed by atoms with Crippen LogP contribution in [0.15, 0.2) is 30.3 Å². The predicted octanol–water partition coefficient (Wildman–Crippen LogP) is 0.873. The van der Waals surface area contributed by atoms with Crippen LogP contribution in [0.25, 0.3) is 0 Å². The molecule has 0 atom stereocenters. The highest BCUT2D eigenvalue weighted by Crippen LogP contribution is 2.05. The van der Waals surface area contributed by atoms with Crippen LogP contribution in [-0.4, -0.2) is 44.9 Å². The third-order valence-corrected chi connectivity index (χ3v) is 3.37. The maximum atomic E-state index is 11.7. The van der Waals surface area contributed by atoms with Crippen LogP contribution in [0, 0.1) is 0 Å². The van der Waals surface area contributed by atoms with Gasteiger partial charge in [0.2, 0.25) is 0 Å². The van der Waals surface area contributed by atoms with Crippen LogP contribution in [0.3, 0.4) is 0 Å². The van der Waals surface area contributed by atoms with Gasteiger partial charge in [-0.1, -0.05) is 30.3 Å². The maximum Gasteiger partial charge on any atom is 0.317 e. The van der Waals surface area contributed by atoms with E-state index < -0.39 is 9.84 Å². The van der Waals surface area contributed by atoms with Crippen LogP contribution in [0.4, 0.5) is 4.79 Å². The lowest BCUT2D eigenvalue weighted by atomic mass is 10.2. The van der Waals surface area contributed by atoms with E-state index in [2.05, 4.69) is 5.32 Å². The minimum absolute atomic E-state index is 0.0345. The molecule has 100 valence electrons. The molecule has 0 bridgehead atoms. The van der Waals surface area contributed by atoms with Crippen molar-refractivity contribution in [1.82, 2.24) is 10.2 Å². The standard InChI is InChI=1S/C12H18N2O3S/c1-13-12(15)14(8-9-18(2,16)17)10-11-6-4-3-5-7-11/h3-7H,8-10H2,1-2H3,(H,13,15). The minimum atomic E-state index is -3.07. The van der Waals surface area contributed by atoms with Crippen molar-refractivity contribution in [2.24, 2.45) is 0 Å². The Labute approximate surface area is 108 Å². The Bertz CT molecular complexity index is 485. The second-order valence-corrected chi connectivity index (χ2v) is 6.35. The van der Waals surface area contributed by atoms with E-state index in [1.807, 2.05) is 30.3 Å². The molecule has 18 heavy (non-hydrogen) atoms. The van der Waals surface area contributed by atoms with Crippen molar-refractivity contribution in [2.75, 3.05) is 25.6 Å². The number of sulfone groups is 1. The molecule has 1 aromatic rings. The summed E-state index contributed by atoms with van der Waals surface area (Å²) in [6.07, 6.45) is 1.16. The fourth-order valence-corrected chi connectivity index (χ4v) is 2.04. The van der Waals surface area contributed by atoms with Gasteiger partial charge in [-0.05, 0) is 5.56 Å². The van der Waals surface area contributed by atoms with Gasteiger partial charge in [0.25, 0.3) is 0 Å². The van der Waals surface area contributed by atoms with Crippen LogP contribution in [-0.2, 0) is 16.4 Å². The summed E-state index contributed by atoms with van der Waals surface area (Å²) in [4.78, 5) is 13.1. The topological polar surface area (TPSA) is 66.5 Å². The van der Waals surface area contributed by atoms with Crippen molar-refractivity contribution in [2.45, 2.75) is 6.54 Å². The Kier molecular flexibility index (Phi) is 5.15. The molecule has 1 N–H and O–H groups in total. The number of hydrogen-bond donors (Lipinski definition) is 1. The van der Waals surface area contributed by atoms with Crippen molar-refractivity contribution in [3.8, 4) is 0 Å². The fraction of sp³-hybridized carbons (Fsp3) is 0.417. The zero-order valence-corrected chi connectivity index (χ0v) is 11.4. The highest BCUT2D eigenvalue weighted by Gasteiger charge is 2.14. The molecular formula is C12H18N2O3S. The number of urea groups is 1. The van der Waals surface area contributed by atoms with Crippen molar-refractivity contribution < 1.29 is 13.2 Å². The van der Waals surface area contributed by atoms with E-state index in [9.17, 15) is 13.2 Å². The first-order valence-corrected chi connectivity index (χ1v) is 7.67. The Balaban J connectivity index is 2.70. The first kappa shape index (κ1) is 14.5. The summed E-state index contributed by atoms with van der Waals surface area (Å²) < 4.78 is 22.3. The number of hydrogen-bond acceptors (Lipinski definition) is 3. The van der Waals surface area contributed by atoms with E-state index in [4.69, 9.17) is 0 Å². The fourth-order valence-electron chi connectivity index (χ4n) is 1.49. The van der Waals surface area contributed by atoms with E-state index in [-0.39, 0.29) is 18.3 Å². The van der Waals surface area contributed by atoms with E-state index in [0.29, 0.717) is 6.54 Å². The lowest BCUT2D eigenvalue weighted by molar-refractivity contribution is 0.201. The third-order valence-electron chi connectivity index (χ3n) is 2.45. The SMILES string of the molecule is CNC(=O)N(CCS(C)(=O)=O)Cc1ccccc1. The Morgan fingerprint density at radius 3 is 2.39 bits per heavy atom. The molecule has 0 spiro atoms. The summed E-state index contributed by atoms with van der Waals surface area (Å²) >= 11 is 0. The number of benzene rings is 1. The second-order valence-electron chi connectivity index (χ2n) is 4.09. The van der Waals surface area contributed by atoms with Crippen LogP contribution in [0.1, 0.15) is 5.56 Å². The van der Waals surface area contributed by atoms with Crippen LogP contribution in [0.2, 0.25) is 0 Å². The molecule has 0 aliphatic carbocycles. The molecule has 0 fully saturated rings. The zero-order chi connectivity index (χ0) is 13.6. The lowest BCUT2D eigenvalue weighted by Gasteiger charge is -2.21. The average Bonchev–Trinajstić information content (AvgIpc) is 2.33. The molecule has 0 saturated carbocycles. The normalized spacial score (nSPS) is 11.0. The monoisotopic (exact) mass is 270 g/mol. The van der Waals surface area contributed by atoms with Gasteiger partial charge >= 0.3 is 6.03 Å². The van der Waals surface area contributed by atoms with Gasteiger partial charge in [-0.25, -0.2) is 13.2 Å². The third kappa shape index (κ3) is 5.18. The van der Waals surface area contributed by atoms with E-state index >= 15 is 0 Å². The number of nitrogens with one attached hydrogen (secondary N) is 1. The van der Waals surface area contributed by atoms with Gasteiger partial charge < -0.3 is 10.2 Å². The molecular weight excluding hydrogens is 252 g/mol. The molecule has 1 rings (SSSR count). The zero-order valence-electron chi connectivity index (χ0n) is 10.6. The summed E-state index contributed by atoms with van der Waals surface area (Å²) in [5, 5.41) is 2.51. The van der Waals surface area contributed by atoms with Gasteiger partial charge in [-0.2, -0.15) is 0 Å². The molecule has 6 heteroatoms. The predicted molar refractivity (Wildman–Crippen MR) is 71.0 cm³/mol. The number of rotatable bonds is 5. The number of nitrogens with zero attached hydrogens (tertiary/aromatic N) is 1. The summed E-state index contributed by atoms with van der Waals surface area (Å²) in [5.41, 5.74) is 0.967. The number of carbonyl (C=O) groups excluding carboxylic acids is 1. The van der Waals surface area contributed by atoms with Gasteiger partial charge in [0.05, 0.1) is 5.75 Å². The largest absolute Gasteiger partial charge is 0.341 e. The number of amides is 2. The van der Waals surface area contributed by atoms with E-state index in [1.54, 1.807) is 0 Å². The van der Waals surface area contributed by atoms with Crippen LogP contribution in [0.5, 0.6) is 0 Å². The number of carbonyl (C=O) groups is 1. The Morgan fingerprint density at radius 1 is 1.28 bits per heavy atom. The van der Waals surface area contributed by atoms with E-state index in [1.165, 1.54) is 11.9 Å². The van der Waals surface area contributed by atoms with Gasteiger partial charge in [0, 0.05) is 26.4 Å². The smallest absolute Gasteiger partial charge is 0.317 e. The molecule has 5 nitrogen and oxygen atoms in total.